The second-order valence-electron chi connectivity index (χ2n) is 6.77. The maximum Gasteiger partial charge on any atom is 0.268 e. The average Bonchev–Trinajstić information content (AvgIpc) is 3.43. The van der Waals surface area contributed by atoms with Crippen LogP contribution in [0.2, 0.25) is 0 Å². The zero-order valence-electron chi connectivity index (χ0n) is 16.5. The van der Waals surface area contributed by atoms with Crippen molar-refractivity contribution >= 4 is 44.4 Å². The second kappa shape index (κ2) is 9.73. The number of nitrogens with one attached hydrogen (secondary N) is 1. The van der Waals surface area contributed by atoms with Crippen molar-refractivity contribution in [1.82, 2.24) is 4.98 Å². The monoisotopic (exact) mass is 507 g/mol. The molecule has 0 radical (unpaired) electrons. The average molecular weight is 508 g/mol. The Kier molecular flexibility index (Phi) is 6.59. The highest BCUT2D eigenvalue weighted by Gasteiger charge is 2.14. The standard InChI is InChI=1S/C24H15BrFN3O2S/c25-18-5-3-16(4-6-18)22-10-9-20(31-22)12-17(13-27)23(30)29-24-28-14-21(32-24)11-15-1-7-19(26)8-2-15/h1-10,12,14H,11H2,(H,28,29,30)/b17-12+. The molecule has 0 atom stereocenters. The maximum atomic E-state index is 13.0. The van der Waals surface area contributed by atoms with Gasteiger partial charge in [-0.2, -0.15) is 5.26 Å². The molecule has 0 aliphatic carbocycles. The van der Waals surface area contributed by atoms with Crippen molar-refractivity contribution < 1.29 is 13.6 Å². The van der Waals surface area contributed by atoms with Gasteiger partial charge in [-0.05, 0) is 42.0 Å². The van der Waals surface area contributed by atoms with Crippen LogP contribution in [0.3, 0.4) is 0 Å². The third kappa shape index (κ3) is 5.38. The number of hydrogen-bond acceptors (Lipinski definition) is 5. The number of benzene rings is 2. The molecule has 0 spiro atoms. The number of hydrogen-bond donors (Lipinski definition) is 1. The minimum atomic E-state index is -0.572. The quantitative estimate of drug-likeness (QED) is 0.240. The van der Waals surface area contributed by atoms with Gasteiger partial charge in [0.05, 0.1) is 0 Å². The van der Waals surface area contributed by atoms with E-state index in [4.69, 9.17) is 4.42 Å². The first-order valence-electron chi connectivity index (χ1n) is 9.48. The van der Waals surface area contributed by atoms with Crippen molar-refractivity contribution in [1.29, 1.82) is 5.26 Å². The molecule has 0 saturated heterocycles. The SMILES string of the molecule is N#C/C(=C\c1ccc(-c2ccc(Br)cc2)o1)C(=O)Nc1ncc(Cc2ccc(F)cc2)s1. The molecule has 0 unspecified atom stereocenters. The molecule has 1 N–H and O–H groups in total. The molecule has 0 bridgehead atoms. The van der Waals surface area contributed by atoms with Gasteiger partial charge in [-0.3, -0.25) is 10.1 Å². The van der Waals surface area contributed by atoms with E-state index in [1.165, 1.54) is 29.5 Å². The minimum Gasteiger partial charge on any atom is -0.457 e. The number of amides is 1. The van der Waals surface area contributed by atoms with E-state index in [1.807, 2.05) is 30.3 Å². The summed E-state index contributed by atoms with van der Waals surface area (Å²) >= 11 is 4.69. The third-order valence-corrected chi connectivity index (χ3v) is 5.91. The molecule has 2 heterocycles. The molecule has 5 nitrogen and oxygen atoms in total. The maximum absolute atomic E-state index is 13.0. The predicted octanol–water partition coefficient (Wildman–Crippen LogP) is 6.44. The lowest BCUT2D eigenvalue weighted by molar-refractivity contribution is -0.112. The van der Waals surface area contributed by atoms with Crippen LogP contribution in [0, 0.1) is 17.1 Å². The molecule has 4 aromatic rings. The molecule has 32 heavy (non-hydrogen) atoms. The summed E-state index contributed by atoms with van der Waals surface area (Å²) in [5.74, 6) is 0.164. The first-order chi connectivity index (χ1) is 15.5. The van der Waals surface area contributed by atoms with Crippen LogP contribution in [0.15, 0.2) is 81.3 Å². The topological polar surface area (TPSA) is 78.9 Å². The van der Waals surface area contributed by atoms with Crippen LogP contribution in [0.1, 0.15) is 16.2 Å². The molecule has 1 amide bonds. The van der Waals surface area contributed by atoms with E-state index in [-0.39, 0.29) is 11.4 Å². The van der Waals surface area contributed by atoms with Gasteiger partial charge in [-0.15, -0.1) is 11.3 Å². The molecule has 0 saturated carbocycles. The van der Waals surface area contributed by atoms with E-state index in [0.29, 0.717) is 23.1 Å². The third-order valence-electron chi connectivity index (χ3n) is 4.47. The number of halogens is 2. The summed E-state index contributed by atoms with van der Waals surface area (Å²) < 4.78 is 19.8. The summed E-state index contributed by atoms with van der Waals surface area (Å²) in [6, 6.07) is 19.2. The lowest BCUT2D eigenvalue weighted by Gasteiger charge is -2.00. The predicted molar refractivity (Wildman–Crippen MR) is 125 cm³/mol. The van der Waals surface area contributed by atoms with Gasteiger partial charge in [0.25, 0.3) is 5.91 Å². The van der Waals surface area contributed by atoms with Crippen LogP contribution in [0.4, 0.5) is 9.52 Å². The van der Waals surface area contributed by atoms with Gasteiger partial charge in [-0.1, -0.05) is 40.2 Å². The Bertz CT molecular complexity index is 1320. The number of furan rings is 1. The summed E-state index contributed by atoms with van der Waals surface area (Å²) in [6.07, 6.45) is 3.61. The number of anilines is 1. The highest BCUT2D eigenvalue weighted by atomic mass is 79.9. The molecule has 0 fully saturated rings. The molecule has 8 heteroatoms. The highest BCUT2D eigenvalue weighted by Crippen LogP contribution is 2.26. The molecular formula is C24H15BrFN3O2S. The van der Waals surface area contributed by atoms with Gasteiger partial charge in [0.15, 0.2) is 5.13 Å². The molecular weight excluding hydrogens is 493 g/mol. The van der Waals surface area contributed by atoms with Crippen molar-refractivity contribution in [3.63, 3.8) is 0 Å². The summed E-state index contributed by atoms with van der Waals surface area (Å²) in [5, 5.41) is 12.5. The van der Waals surface area contributed by atoms with Gasteiger partial charge in [-0.25, -0.2) is 9.37 Å². The van der Waals surface area contributed by atoms with Crippen LogP contribution >= 0.6 is 27.3 Å². The van der Waals surface area contributed by atoms with E-state index >= 15 is 0 Å². The number of aromatic nitrogens is 1. The van der Waals surface area contributed by atoms with Gasteiger partial charge >= 0.3 is 0 Å². The Balaban J connectivity index is 1.44. The fourth-order valence-corrected chi connectivity index (χ4v) is 4.01. The minimum absolute atomic E-state index is 0.100. The van der Waals surface area contributed by atoms with E-state index in [0.717, 1.165) is 20.5 Å². The molecule has 158 valence electrons. The number of nitriles is 1. The first kappa shape index (κ1) is 21.7. The van der Waals surface area contributed by atoms with Crippen LogP contribution < -0.4 is 5.32 Å². The van der Waals surface area contributed by atoms with Crippen LogP contribution in [0.25, 0.3) is 17.4 Å². The number of nitrogens with zero attached hydrogens (tertiary/aromatic N) is 2. The van der Waals surface area contributed by atoms with Crippen LogP contribution in [-0.2, 0) is 11.2 Å². The van der Waals surface area contributed by atoms with Crippen molar-refractivity contribution in [2.24, 2.45) is 0 Å². The Hall–Kier alpha value is -3.54. The van der Waals surface area contributed by atoms with E-state index in [9.17, 15) is 14.4 Å². The zero-order valence-corrected chi connectivity index (χ0v) is 18.9. The molecule has 0 aliphatic heterocycles. The fourth-order valence-electron chi connectivity index (χ4n) is 2.91. The number of thiazole rings is 1. The van der Waals surface area contributed by atoms with Crippen LogP contribution in [0.5, 0.6) is 0 Å². The van der Waals surface area contributed by atoms with Crippen LogP contribution in [-0.4, -0.2) is 10.9 Å². The Labute approximate surface area is 196 Å². The van der Waals surface area contributed by atoms with E-state index in [2.05, 4.69) is 26.2 Å². The molecule has 2 aromatic carbocycles. The summed E-state index contributed by atoms with van der Waals surface area (Å²) in [6.45, 7) is 0. The van der Waals surface area contributed by atoms with Gasteiger partial charge < -0.3 is 4.42 Å². The number of carbonyl (C=O) groups excluding carboxylic acids is 1. The van der Waals surface area contributed by atoms with Crippen molar-refractivity contribution in [3.8, 4) is 17.4 Å². The van der Waals surface area contributed by atoms with Crippen molar-refractivity contribution in [3.05, 3.63) is 98.9 Å². The van der Waals surface area contributed by atoms with E-state index in [1.54, 1.807) is 30.5 Å². The zero-order chi connectivity index (χ0) is 22.5. The Morgan fingerprint density at radius 3 is 2.62 bits per heavy atom. The van der Waals surface area contributed by atoms with Gasteiger partial charge in [0, 0.05) is 33.6 Å². The normalized spacial score (nSPS) is 11.2. The van der Waals surface area contributed by atoms with Gasteiger partial charge in [0.2, 0.25) is 0 Å². The Morgan fingerprint density at radius 2 is 1.91 bits per heavy atom. The number of rotatable bonds is 6. The lowest BCUT2D eigenvalue weighted by Crippen LogP contribution is -2.13. The fraction of sp³-hybridized carbons (Fsp3) is 0.0417. The molecule has 0 aliphatic rings. The largest absolute Gasteiger partial charge is 0.457 e. The Morgan fingerprint density at radius 1 is 1.16 bits per heavy atom. The first-order valence-corrected chi connectivity index (χ1v) is 11.1. The lowest BCUT2D eigenvalue weighted by atomic mass is 10.1. The summed E-state index contributed by atoms with van der Waals surface area (Å²) in [7, 11) is 0. The van der Waals surface area contributed by atoms with E-state index < -0.39 is 5.91 Å². The highest BCUT2D eigenvalue weighted by molar-refractivity contribution is 9.10. The van der Waals surface area contributed by atoms with Crippen molar-refractivity contribution in [2.75, 3.05) is 5.32 Å². The van der Waals surface area contributed by atoms with Crippen molar-refractivity contribution in [2.45, 2.75) is 6.42 Å². The summed E-state index contributed by atoms with van der Waals surface area (Å²) in [5.41, 5.74) is 1.72. The second-order valence-corrected chi connectivity index (χ2v) is 8.80. The van der Waals surface area contributed by atoms with Gasteiger partial charge in [0.1, 0.15) is 29.0 Å². The molecule has 2 aromatic heterocycles. The summed E-state index contributed by atoms with van der Waals surface area (Å²) in [4.78, 5) is 17.6. The number of carbonyl (C=O) groups is 1. The molecule has 4 rings (SSSR count). The smallest absolute Gasteiger partial charge is 0.268 e.